The Morgan fingerprint density at radius 3 is 2.74 bits per heavy atom. The second-order valence-electron chi connectivity index (χ2n) is 10.3. The Bertz CT molecular complexity index is 1510. The number of amides is 1. The van der Waals surface area contributed by atoms with E-state index in [1.165, 1.54) is 23.5 Å². The molecular weight excluding hydrogens is 609 g/mol. The maximum absolute atomic E-state index is 14.7. The molecule has 1 aromatic heterocycles. The molecule has 43 heavy (non-hydrogen) atoms. The fourth-order valence-electron chi connectivity index (χ4n) is 5.11. The Hall–Kier alpha value is -3.34. The molecule has 1 amide bonds. The van der Waals surface area contributed by atoms with Crippen LogP contribution in [0, 0.1) is 12.7 Å². The summed E-state index contributed by atoms with van der Waals surface area (Å²) in [6, 6.07) is 2.85. The number of halogens is 3. The predicted octanol–water partition coefficient (Wildman–Crippen LogP) is 2.26. The van der Waals surface area contributed by atoms with E-state index in [1.807, 2.05) is 4.72 Å². The topological polar surface area (TPSA) is 142 Å². The third-order valence-electron chi connectivity index (χ3n) is 6.95. The summed E-state index contributed by atoms with van der Waals surface area (Å²) in [4.78, 5) is 35.7. The van der Waals surface area contributed by atoms with Crippen LogP contribution in [0.15, 0.2) is 46.0 Å². The molecule has 3 heterocycles. The number of carbonyl (C=O) groups excluding carboxylic acids is 2. The van der Waals surface area contributed by atoms with Gasteiger partial charge in [0.2, 0.25) is 15.9 Å². The number of alkyl halides is 2. The number of benzene rings is 1. The van der Waals surface area contributed by atoms with Gasteiger partial charge in [0, 0.05) is 36.3 Å². The van der Waals surface area contributed by atoms with Crippen LogP contribution in [0.4, 0.5) is 13.2 Å². The van der Waals surface area contributed by atoms with E-state index in [2.05, 4.69) is 15.6 Å². The second kappa shape index (κ2) is 13.5. The number of thiazole rings is 1. The number of nitrogens with zero attached hydrogens (tertiary/aromatic N) is 3. The molecule has 1 fully saturated rings. The van der Waals surface area contributed by atoms with Crippen molar-refractivity contribution in [3.63, 3.8) is 0 Å². The first-order valence-electron chi connectivity index (χ1n) is 13.5. The van der Waals surface area contributed by atoms with Gasteiger partial charge in [0.1, 0.15) is 11.9 Å². The summed E-state index contributed by atoms with van der Waals surface area (Å²) in [6.07, 6.45) is 2.19. The first kappa shape index (κ1) is 32.6. The van der Waals surface area contributed by atoms with E-state index >= 15 is 0 Å². The smallest absolute Gasteiger partial charge is 0.338 e. The molecule has 16 heteroatoms. The van der Waals surface area contributed by atoms with Gasteiger partial charge in [0.15, 0.2) is 10.8 Å². The lowest BCUT2D eigenvalue weighted by Crippen LogP contribution is -2.42. The second-order valence-corrected chi connectivity index (χ2v) is 12.9. The summed E-state index contributed by atoms with van der Waals surface area (Å²) >= 11 is 1.29. The Labute approximate surface area is 251 Å². The molecule has 2 aromatic rings. The molecule has 2 aliphatic heterocycles. The number of aliphatic imine (C=N–C) groups is 1. The molecule has 0 radical (unpaired) electrons. The van der Waals surface area contributed by atoms with Crippen LogP contribution < -0.4 is 15.4 Å². The normalized spacial score (nSPS) is 20.5. The number of likely N-dealkylation sites (tertiary alicyclic amines) is 1. The molecule has 1 aromatic carbocycles. The Morgan fingerprint density at radius 2 is 2.07 bits per heavy atom. The zero-order valence-corrected chi connectivity index (χ0v) is 25.5. The van der Waals surface area contributed by atoms with Crippen molar-refractivity contribution in [1.82, 2.24) is 25.2 Å². The molecule has 0 saturated carbocycles. The maximum atomic E-state index is 14.7. The van der Waals surface area contributed by atoms with E-state index in [-0.39, 0.29) is 49.5 Å². The molecule has 11 nitrogen and oxygen atoms in total. The van der Waals surface area contributed by atoms with E-state index in [0.717, 1.165) is 6.26 Å². The highest BCUT2D eigenvalue weighted by atomic mass is 32.2. The van der Waals surface area contributed by atoms with E-state index in [0.29, 0.717) is 16.4 Å². The van der Waals surface area contributed by atoms with Crippen LogP contribution in [-0.4, -0.2) is 87.0 Å². The first-order valence-corrected chi connectivity index (χ1v) is 16.3. The van der Waals surface area contributed by atoms with Crippen LogP contribution in [-0.2, 0) is 24.3 Å². The van der Waals surface area contributed by atoms with Gasteiger partial charge in [-0.25, -0.2) is 31.4 Å². The number of amidine groups is 1. The number of ether oxygens (including phenoxy) is 1. The summed E-state index contributed by atoms with van der Waals surface area (Å²) in [6.45, 7) is 2.44. The molecule has 1 saturated heterocycles. The molecular formula is C27H33F3N6O5S2. The summed E-state index contributed by atoms with van der Waals surface area (Å²) in [5, 5.41) is 8.15. The summed E-state index contributed by atoms with van der Waals surface area (Å²) in [5.74, 6) is -4.65. The van der Waals surface area contributed by atoms with Crippen molar-refractivity contribution < 1.29 is 35.9 Å². The van der Waals surface area contributed by atoms with Gasteiger partial charge < -0.3 is 15.4 Å². The van der Waals surface area contributed by atoms with Gasteiger partial charge in [-0.1, -0.05) is 12.1 Å². The minimum atomic E-state index is -3.71. The molecule has 0 bridgehead atoms. The van der Waals surface area contributed by atoms with Crippen LogP contribution in [0.3, 0.4) is 0 Å². The number of nitrogens with one attached hydrogen (secondary N) is 3. The highest BCUT2D eigenvalue weighted by Crippen LogP contribution is 2.38. The Morgan fingerprint density at radius 1 is 1.30 bits per heavy atom. The fraction of sp³-hybridized carbons (Fsp3) is 0.481. The lowest BCUT2D eigenvalue weighted by Gasteiger charge is -2.31. The summed E-state index contributed by atoms with van der Waals surface area (Å²) in [7, 11) is -3.71. The third kappa shape index (κ3) is 8.40. The largest absolute Gasteiger partial charge is 0.463 e. The quantitative estimate of drug-likeness (QED) is 0.235. The van der Waals surface area contributed by atoms with E-state index in [9.17, 15) is 31.2 Å². The van der Waals surface area contributed by atoms with E-state index < -0.39 is 58.7 Å². The van der Waals surface area contributed by atoms with Gasteiger partial charge in [0.05, 0.1) is 31.5 Å². The maximum Gasteiger partial charge on any atom is 0.338 e. The van der Waals surface area contributed by atoms with Gasteiger partial charge in [-0.2, -0.15) is 0 Å². The minimum absolute atomic E-state index is 0.0521. The molecule has 2 atom stereocenters. The van der Waals surface area contributed by atoms with Crippen molar-refractivity contribution in [3.8, 4) is 0 Å². The lowest BCUT2D eigenvalue weighted by molar-refractivity contribution is -0.139. The zero-order chi connectivity index (χ0) is 31.4. The van der Waals surface area contributed by atoms with Gasteiger partial charge in [-0.15, -0.1) is 11.3 Å². The Balaban J connectivity index is 1.64. The van der Waals surface area contributed by atoms with Crippen molar-refractivity contribution >= 4 is 39.1 Å². The van der Waals surface area contributed by atoms with Crippen molar-refractivity contribution in [3.05, 3.63) is 63.0 Å². The third-order valence-corrected chi connectivity index (χ3v) is 8.32. The van der Waals surface area contributed by atoms with E-state index in [1.54, 1.807) is 36.4 Å². The molecule has 234 valence electrons. The predicted molar refractivity (Wildman–Crippen MR) is 155 cm³/mol. The van der Waals surface area contributed by atoms with Gasteiger partial charge in [-0.05, 0) is 44.0 Å². The number of hydrogen-bond acceptors (Lipinski definition) is 11. The van der Waals surface area contributed by atoms with Crippen LogP contribution in [0.1, 0.15) is 41.9 Å². The van der Waals surface area contributed by atoms with Gasteiger partial charge in [0.25, 0.3) is 5.92 Å². The molecule has 0 aliphatic carbocycles. The molecule has 0 spiro atoms. The van der Waals surface area contributed by atoms with E-state index in [4.69, 9.17) is 9.73 Å². The number of esters is 1. The fourth-order valence-corrected chi connectivity index (χ4v) is 6.19. The number of sulfonamides is 1. The van der Waals surface area contributed by atoms with Crippen LogP contribution >= 0.6 is 11.3 Å². The first-order chi connectivity index (χ1) is 20.3. The average molecular weight is 643 g/mol. The van der Waals surface area contributed by atoms with Gasteiger partial charge in [-0.3, -0.25) is 19.4 Å². The molecule has 4 rings (SSSR count). The number of aromatic nitrogens is 1. The molecule has 2 aliphatic rings. The van der Waals surface area contributed by atoms with Crippen molar-refractivity contribution in [2.45, 2.75) is 44.7 Å². The minimum Gasteiger partial charge on any atom is -0.463 e. The standard InChI is InChI=1S/C27H33F3N6O5S2/c1-4-41-26(38)22-20(14-36-15-27(29,30)12-17(36)8-9-31-13-21(37)35-43(3,39)40)33-24(25-32-10-11-42-25)34-23(22)18-6-5-7-19(28)16(18)2/h5-7,10-11,17,23,31H,4,8-9,12-15H2,1-3H3,(H,33,34)(H,35,37)/t17-,23-/m0/s1. The van der Waals surface area contributed by atoms with Crippen molar-refractivity contribution in [2.24, 2.45) is 4.99 Å². The highest BCUT2D eigenvalue weighted by Gasteiger charge is 2.45. The monoisotopic (exact) mass is 642 g/mol. The van der Waals surface area contributed by atoms with Crippen LogP contribution in [0.5, 0.6) is 0 Å². The lowest BCUT2D eigenvalue weighted by atomic mass is 9.92. The van der Waals surface area contributed by atoms with Crippen molar-refractivity contribution in [2.75, 3.05) is 39.0 Å². The number of carbonyl (C=O) groups is 2. The zero-order valence-electron chi connectivity index (χ0n) is 23.8. The molecule has 3 N–H and O–H groups in total. The van der Waals surface area contributed by atoms with Crippen LogP contribution in [0.2, 0.25) is 0 Å². The SMILES string of the molecule is CCOC(=O)C1=C(CN2CC(F)(F)C[C@@H]2CCNCC(=O)NS(C)(=O)=O)NC(c2nccs2)=N[C@H]1c1cccc(F)c1C. The summed E-state index contributed by atoms with van der Waals surface area (Å²) in [5.41, 5.74) is 1.08. The van der Waals surface area contributed by atoms with Crippen molar-refractivity contribution in [1.29, 1.82) is 0 Å². The van der Waals surface area contributed by atoms with Crippen LogP contribution in [0.25, 0.3) is 0 Å². The highest BCUT2D eigenvalue weighted by molar-refractivity contribution is 7.89. The Kier molecular flexibility index (Phi) is 10.2. The average Bonchev–Trinajstić information content (AvgIpc) is 3.54. The van der Waals surface area contributed by atoms with Gasteiger partial charge >= 0.3 is 5.97 Å². The number of rotatable bonds is 12. The number of hydrogen-bond donors (Lipinski definition) is 3. The molecule has 0 unspecified atom stereocenters. The summed E-state index contributed by atoms with van der Waals surface area (Å²) < 4.78 is 73.8.